The predicted octanol–water partition coefficient (Wildman–Crippen LogP) is 1.91. The molecule has 1 aromatic carbocycles. The number of hydrogen-bond donors (Lipinski definition) is 2. The third-order valence-electron chi connectivity index (χ3n) is 1.97. The Morgan fingerprint density at radius 1 is 1.31 bits per heavy atom. The minimum atomic E-state index is -4.44. The number of halogens is 3. The second kappa shape index (κ2) is 4.52. The molecule has 0 aliphatic heterocycles. The number of aliphatic hydroxyl groups excluding tert-OH is 1. The normalized spacial score (nSPS) is 13.5. The summed E-state index contributed by atoms with van der Waals surface area (Å²) in [6.07, 6.45) is -7.62. The van der Waals surface area contributed by atoms with Gasteiger partial charge >= 0.3 is 12.1 Å². The number of carboxylic acids is 1. The van der Waals surface area contributed by atoms with E-state index >= 15 is 0 Å². The first-order chi connectivity index (χ1) is 7.31. The zero-order valence-corrected chi connectivity index (χ0v) is 8.03. The molecule has 0 heterocycles. The fourth-order valence-corrected chi connectivity index (χ4v) is 1.31. The molecule has 0 amide bonds. The van der Waals surface area contributed by atoms with Gasteiger partial charge in [-0.3, -0.25) is 0 Å². The molecule has 0 spiro atoms. The summed E-state index contributed by atoms with van der Waals surface area (Å²) in [6.45, 7) is 0. The molecule has 3 nitrogen and oxygen atoms in total. The summed E-state index contributed by atoms with van der Waals surface area (Å²) in [5.74, 6) is -1.57. The first kappa shape index (κ1) is 12.5. The molecule has 0 saturated carbocycles. The van der Waals surface area contributed by atoms with E-state index in [1.54, 1.807) is 0 Å². The molecule has 6 heteroatoms. The van der Waals surface area contributed by atoms with Gasteiger partial charge in [0.1, 0.15) is 0 Å². The van der Waals surface area contributed by atoms with Gasteiger partial charge in [-0.2, -0.15) is 13.2 Å². The van der Waals surface area contributed by atoms with Crippen LogP contribution in [-0.4, -0.2) is 22.4 Å². The van der Waals surface area contributed by atoms with Crippen molar-refractivity contribution in [3.63, 3.8) is 0 Å². The van der Waals surface area contributed by atoms with Gasteiger partial charge in [0, 0.05) is 0 Å². The number of aliphatic hydroxyl groups is 1. The van der Waals surface area contributed by atoms with Crippen molar-refractivity contribution in [2.24, 2.45) is 0 Å². The van der Waals surface area contributed by atoms with Crippen LogP contribution in [-0.2, 0) is 11.2 Å². The minimum absolute atomic E-state index is 0.229. The molecule has 16 heavy (non-hydrogen) atoms. The molecular formula is C10H9F3O3. The van der Waals surface area contributed by atoms with Crippen molar-refractivity contribution in [2.75, 3.05) is 0 Å². The standard InChI is InChI=1S/C10H9F3O3/c11-10(12,13)5-6-3-1-2-4-7(6)8(14)9(15)16/h1-4,8,14H,5H2,(H,15,16). The van der Waals surface area contributed by atoms with Gasteiger partial charge in [0.2, 0.25) is 0 Å². The summed E-state index contributed by atoms with van der Waals surface area (Å²) in [5.41, 5.74) is -0.461. The summed E-state index contributed by atoms with van der Waals surface area (Å²) < 4.78 is 36.5. The summed E-state index contributed by atoms with van der Waals surface area (Å²) in [4.78, 5) is 10.5. The second-order valence-corrected chi connectivity index (χ2v) is 3.23. The van der Waals surface area contributed by atoms with E-state index in [1.807, 2.05) is 0 Å². The molecule has 0 aliphatic carbocycles. The van der Waals surface area contributed by atoms with Crippen LogP contribution in [0.2, 0.25) is 0 Å². The van der Waals surface area contributed by atoms with Crippen LogP contribution in [0.3, 0.4) is 0 Å². The fourth-order valence-electron chi connectivity index (χ4n) is 1.31. The Bertz CT molecular complexity index is 387. The van der Waals surface area contributed by atoms with Crippen LogP contribution in [0.15, 0.2) is 24.3 Å². The van der Waals surface area contributed by atoms with Crippen LogP contribution >= 0.6 is 0 Å². The van der Waals surface area contributed by atoms with Gasteiger partial charge in [-0.15, -0.1) is 0 Å². The number of rotatable bonds is 3. The third-order valence-corrected chi connectivity index (χ3v) is 1.97. The highest BCUT2D eigenvalue weighted by Gasteiger charge is 2.30. The molecule has 0 bridgehead atoms. The van der Waals surface area contributed by atoms with Crippen LogP contribution in [0.5, 0.6) is 0 Å². The van der Waals surface area contributed by atoms with Gasteiger partial charge in [-0.1, -0.05) is 24.3 Å². The van der Waals surface area contributed by atoms with Gasteiger partial charge in [-0.05, 0) is 11.1 Å². The van der Waals surface area contributed by atoms with Crippen molar-refractivity contribution in [3.8, 4) is 0 Å². The Morgan fingerprint density at radius 3 is 2.38 bits per heavy atom. The quantitative estimate of drug-likeness (QED) is 0.839. The highest BCUT2D eigenvalue weighted by atomic mass is 19.4. The number of aliphatic carboxylic acids is 1. The maximum Gasteiger partial charge on any atom is 0.393 e. The maximum absolute atomic E-state index is 12.2. The first-order valence-electron chi connectivity index (χ1n) is 4.36. The molecular weight excluding hydrogens is 225 g/mol. The van der Waals surface area contributed by atoms with Crippen molar-refractivity contribution in [1.82, 2.24) is 0 Å². The number of alkyl halides is 3. The zero-order chi connectivity index (χ0) is 12.3. The molecule has 1 aromatic rings. The van der Waals surface area contributed by atoms with Crippen molar-refractivity contribution in [1.29, 1.82) is 0 Å². The molecule has 88 valence electrons. The van der Waals surface area contributed by atoms with Gasteiger partial charge < -0.3 is 10.2 Å². The lowest BCUT2D eigenvalue weighted by molar-refractivity contribution is -0.147. The molecule has 0 aromatic heterocycles. The Labute approximate surface area is 89.1 Å². The summed E-state index contributed by atoms with van der Waals surface area (Å²) in [5, 5.41) is 17.7. The lowest BCUT2D eigenvalue weighted by atomic mass is 10.00. The third kappa shape index (κ3) is 3.23. The van der Waals surface area contributed by atoms with Gasteiger partial charge in [0.25, 0.3) is 0 Å². The van der Waals surface area contributed by atoms with Crippen molar-refractivity contribution < 1.29 is 28.2 Å². The van der Waals surface area contributed by atoms with E-state index in [-0.39, 0.29) is 11.1 Å². The van der Waals surface area contributed by atoms with E-state index in [4.69, 9.17) is 5.11 Å². The van der Waals surface area contributed by atoms with Crippen molar-refractivity contribution in [3.05, 3.63) is 35.4 Å². The van der Waals surface area contributed by atoms with E-state index in [0.29, 0.717) is 0 Å². The lowest BCUT2D eigenvalue weighted by Crippen LogP contribution is -2.17. The largest absolute Gasteiger partial charge is 0.479 e. The van der Waals surface area contributed by atoms with Crippen LogP contribution in [0.1, 0.15) is 17.2 Å². The van der Waals surface area contributed by atoms with E-state index in [0.717, 1.165) is 6.07 Å². The smallest absolute Gasteiger partial charge is 0.393 e. The summed E-state index contributed by atoms with van der Waals surface area (Å²) in [7, 11) is 0. The minimum Gasteiger partial charge on any atom is -0.479 e. The molecule has 1 unspecified atom stereocenters. The SMILES string of the molecule is O=C(O)C(O)c1ccccc1CC(F)(F)F. The van der Waals surface area contributed by atoms with E-state index in [1.165, 1.54) is 18.2 Å². The molecule has 1 atom stereocenters. The average molecular weight is 234 g/mol. The zero-order valence-electron chi connectivity index (χ0n) is 8.03. The molecule has 2 N–H and O–H groups in total. The van der Waals surface area contributed by atoms with Crippen molar-refractivity contribution in [2.45, 2.75) is 18.7 Å². The Morgan fingerprint density at radius 2 is 1.88 bits per heavy atom. The molecule has 1 rings (SSSR count). The van der Waals surface area contributed by atoms with Gasteiger partial charge in [-0.25, -0.2) is 4.79 Å². The van der Waals surface area contributed by atoms with Gasteiger partial charge in [0.05, 0.1) is 6.42 Å². The summed E-state index contributed by atoms with van der Waals surface area (Å²) in [6, 6.07) is 5.05. The maximum atomic E-state index is 12.2. The van der Waals surface area contributed by atoms with Crippen LogP contribution in [0.25, 0.3) is 0 Å². The predicted molar refractivity (Wildman–Crippen MR) is 48.8 cm³/mol. The number of carbonyl (C=O) groups is 1. The van der Waals surface area contributed by atoms with Crippen LogP contribution in [0.4, 0.5) is 13.2 Å². The van der Waals surface area contributed by atoms with Crippen LogP contribution in [0, 0.1) is 0 Å². The highest BCUT2D eigenvalue weighted by Crippen LogP contribution is 2.26. The van der Waals surface area contributed by atoms with Crippen molar-refractivity contribution >= 4 is 5.97 Å². The van der Waals surface area contributed by atoms with Crippen LogP contribution < -0.4 is 0 Å². The Kier molecular flexibility index (Phi) is 3.54. The molecule has 0 fully saturated rings. The Hall–Kier alpha value is -1.56. The number of benzene rings is 1. The van der Waals surface area contributed by atoms with E-state index in [2.05, 4.69) is 0 Å². The lowest BCUT2D eigenvalue weighted by Gasteiger charge is -2.13. The van der Waals surface area contributed by atoms with E-state index < -0.39 is 24.7 Å². The van der Waals surface area contributed by atoms with Gasteiger partial charge in [0.15, 0.2) is 6.10 Å². The Balaban J connectivity index is 3.05. The fraction of sp³-hybridized carbons (Fsp3) is 0.300. The highest BCUT2D eigenvalue weighted by molar-refractivity contribution is 5.74. The second-order valence-electron chi connectivity index (χ2n) is 3.23. The molecule has 0 radical (unpaired) electrons. The number of carboxylic acid groups (broad SMARTS) is 1. The number of hydrogen-bond acceptors (Lipinski definition) is 2. The monoisotopic (exact) mass is 234 g/mol. The molecule has 0 saturated heterocycles. The average Bonchev–Trinajstić information content (AvgIpc) is 2.15. The first-order valence-corrected chi connectivity index (χ1v) is 4.36. The molecule has 0 aliphatic rings. The summed E-state index contributed by atoms with van der Waals surface area (Å²) >= 11 is 0. The van der Waals surface area contributed by atoms with E-state index in [9.17, 15) is 23.1 Å². The topological polar surface area (TPSA) is 57.5 Å².